The third-order valence-electron chi connectivity index (χ3n) is 4.39. The van der Waals surface area contributed by atoms with Crippen molar-refractivity contribution >= 4 is 10.0 Å². The average molecular weight is 391 g/mol. The Bertz CT molecular complexity index is 885. The second-order valence-corrected chi connectivity index (χ2v) is 8.42. The van der Waals surface area contributed by atoms with Crippen molar-refractivity contribution in [2.45, 2.75) is 50.5 Å². The van der Waals surface area contributed by atoms with Crippen molar-refractivity contribution in [3.63, 3.8) is 0 Å². The number of aromatic nitrogens is 4. The standard InChI is InChI=1S/C15H20F3N5O2S/c1-10(2)23-8-14(19-9-23)26(24,25)20-5-11-3-4-13-21-12(15(16,17)18)7-22(13)6-11/h7-11,20H,3-6H2,1-2H3. The number of sulfonamides is 1. The van der Waals surface area contributed by atoms with Crippen LogP contribution in [0.3, 0.4) is 0 Å². The number of aryl methyl sites for hydroxylation is 1. The van der Waals surface area contributed by atoms with Crippen molar-refractivity contribution < 1.29 is 21.6 Å². The van der Waals surface area contributed by atoms with Crippen LogP contribution in [0.15, 0.2) is 23.7 Å². The van der Waals surface area contributed by atoms with Crippen LogP contribution >= 0.6 is 0 Å². The summed E-state index contributed by atoms with van der Waals surface area (Å²) >= 11 is 0. The molecule has 0 fully saturated rings. The summed E-state index contributed by atoms with van der Waals surface area (Å²) in [6, 6.07) is 0.0901. The zero-order valence-electron chi connectivity index (χ0n) is 14.4. The zero-order chi connectivity index (χ0) is 19.1. The van der Waals surface area contributed by atoms with Gasteiger partial charge in [-0.05, 0) is 26.2 Å². The number of nitrogens with zero attached hydrogens (tertiary/aromatic N) is 4. The van der Waals surface area contributed by atoms with E-state index in [-0.39, 0.29) is 23.5 Å². The monoisotopic (exact) mass is 391 g/mol. The largest absolute Gasteiger partial charge is 0.434 e. The van der Waals surface area contributed by atoms with Crippen LogP contribution in [0.4, 0.5) is 13.2 Å². The minimum Gasteiger partial charge on any atom is -0.334 e. The first-order valence-corrected chi connectivity index (χ1v) is 9.71. The molecule has 11 heteroatoms. The lowest BCUT2D eigenvalue weighted by Crippen LogP contribution is -2.33. The van der Waals surface area contributed by atoms with E-state index in [2.05, 4.69) is 14.7 Å². The van der Waals surface area contributed by atoms with Crippen LogP contribution in [0.1, 0.15) is 37.8 Å². The van der Waals surface area contributed by atoms with Gasteiger partial charge in [-0.25, -0.2) is 23.1 Å². The number of halogens is 3. The summed E-state index contributed by atoms with van der Waals surface area (Å²) in [5.41, 5.74) is -0.909. The molecule has 3 heterocycles. The highest BCUT2D eigenvalue weighted by Crippen LogP contribution is 2.30. The number of hydrogen-bond donors (Lipinski definition) is 1. The molecule has 0 amide bonds. The van der Waals surface area contributed by atoms with Crippen molar-refractivity contribution in [2.75, 3.05) is 6.54 Å². The van der Waals surface area contributed by atoms with Crippen molar-refractivity contribution in [3.05, 3.63) is 30.2 Å². The minimum absolute atomic E-state index is 0.0651. The molecule has 0 aliphatic carbocycles. The first-order chi connectivity index (χ1) is 12.1. The highest BCUT2D eigenvalue weighted by molar-refractivity contribution is 7.89. The van der Waals surface area contributed by atoms with E-state index in [4.69, 9.17) is 0 Å². The fourth-order valence-corrected chi connectivity index (χ4v) is 3.91. The number of rotatable bonds is 5. The zero-order valence-corrected chi connectivity index (χ0v) is 15.2. The molecule has 0 saturated carbocycles. The summed E-state index contributed by atoms with van der Waals surface area (Å²) in [4.78, 5) is 7.53. The van der Waals surface area contributed by atoms with E-state index in [1.807, 2.05) is 13.8 Å². The van der Waals surface area contributed by atoms with Crippen molar-refractivity contribution in [2.24, 2.45) is 5.92 Å². The fraction of sp³-hybridized carbons (Fsp3) is 0.600. The Balaban J connectivity index is 1.64. The molecule has 1 N–H and O–H groups in total. The molecule has 0 radical (unpaired) electrons. The predicted octanol–water partition coefficient (Wildman–Crippen LogP) is 2.22. The van der Waals surface area contributed by atoms with Gasteiger partial charge in [-0.2, -0.15) is 13.2 Å². The summed E-state index contributed by atoms with van der Waals surface area (Å²) in [5, 5.41) is -0.0651. The Hall–Kier alpha value is -1.88. The highest BCUT2D eigenvalue weighted by atomic mass is 32.2. The molecule has 26 heavy (non-hydrogen) atoms. The quantitative estimate of drug-likeness (QED) is 0.847. The summed E-state index contributed by atoms with van der Waals surface area (Å²) < 4.78 is 68.6. The van der Waals surface area contributed by atoms with Gasteiger partial charge in [0.15, 0.2) is 10.7 Å². The molecule has 0 saturated heterocycles. The lowest BCUT2D eigenvalue weighted by Gasteiger charge is -2.23. The van der Waals surface area contributed by atoms with Gasteiger partial charge in [0, 0.05) is 37.9 Å². The van der Waals surface area contributed by atoms with E-state index >= 15 is 0 Å². The number of alkyl halides is 3. The van der Waals surface area contributed by atoms with E-state index in [0.717, 1.165) is 6.20 Å². The van der Waals surface area contributed by atoms with Crippen LogP contribution in [-0.2, 0) is 29.2 Å². The lowest BCUT2D eigenvalue weighted by molar-refractivity contribution is -0.141. The van der Waals surface area contributed by atoms with Gasteiger partial charge in [0.1, 0.15) is 5.82 Å². The molecular weight excluding hydrogens is 371 g/mol. The average Bonchev–Trinajstić information content (AvgIpc) is 3.19. The van der Waals surface area contributed by atoms with Crippen LogP contribution < -0.4 is 4.72 Å². The molecule has 2 aromatic rings. The Morgan fingerprint density at radius 1 is 1.35 bits per heavy atom. The molecule has 2 aromatic heterocycles. The number of fused-ring (bicyclic) bond motifs is 1. The van der Waals surface area contributed by atoms with Crippen molar-refractivity contribution in [1.29, 1.82) is 0 Å². The molecule has 3 rings (SSSR count). The van der Waals surface area contributed by atoms with Gasteiger partial charge in [0.05, 0.1) is 6.33 Å². The van der Waals surface area contributed by atoms with Crippen LogP contribution in [-0.4, -0.2) is 34.1 Å². The fourth-order valence-electron chi connectivity index (χ4n) is 2.86. The smallest absolute Gasteiger partial charge is 0.334 e. The maximum atomic E-state index is 12.7. The van der Waals surface area contributed by atoms with Crippen LogP contribution in [0.5, 0.6) is 0 Å². The lowest BCUT2D eigenvalue weighted by atomic mass is 10.00. The summed E-state index contributed by atoms with van der Waals surface area (Å²) in [5.74, 6) is 0.270. The van der Waals surface area contributed by atoms with Gasteiger partial charge in [-0.3, -0.25) is 0 Å². The van der Waals surface area contributed by atoms with E-state index in [0.29, 0.717) is 25.2 Å². The first-order valence-electron chi connectivity index (χ1n) is 8.22. The number of hydrogen-bond acceptors (Lipinski definition) is 4. The summed E-state index contributed by atoms with van der Waals surface area (Å²) in [7, 11) is -3.75. The van der Waals surface area contributed by atoms with Gasteiger partial charge < -0.3 is 9.13 Å². The second-order valence-electron chi connectivity index (χ2n) is 6.70. The molecule has 1 unspecified atom stereocenters. The SMILES string of the molecule is CC(C)n1cnc(S(=O)(=O)NCC2CCc3nc(C(F)(F)F)cn3C2)c1. The molecule has 1 aliphatic heterocycles. The Kier molecular flexibility index (Phi) is 4.86. The predicted molar refractivity (Wildman–Crippen MR) is 86.8 cm³/mol. The normalized spacial score (nSPS) is 18.3. The number of nitrogens with one attached hydrogen (secondary N) is 1. The van der Waals surface area contributed by atoms with Gasteiger partial charge in [-0.15, -0.1) is 0 Å². The summed E-state index contributed by atoms with van der Waals surface area (Å²) in [6.07, 6.45) is 0.367. The third-order valence-corrected chi connectivity index (χ3v) is 5.70. The topological polar surface area (TPSA) is 81.8 Å². The van der Waals surface area contributed by atoms with E-state index < -0.39 is 21.9 Å². The number of imidazole rings is 2. The van der Waals surface area contributed by atoms with Crippen LogP contribution in [0.25, 0.3) is 0 Å². The van der Waals surface area contributed by atoms with Gasteiger partial charge in [-0.1, -0.05) is 0 Å². The van der Waals surface area contributed by atoms with Crippen molar-refractivity contribution in [3.8, 4) is 0 Å². The minimum atomic E-state index is -4.48. The first kappa shape index (κ1) is 18.9. The van der Waals surface area contributed by atoms with E-state index in [1.165, 1.54) is 17.1 Å². The molecule has 144 valence electrons. The highest BCUT2D eigenvalue weighted by Gasteiger charge is 2.36. The van der Waals surface area contributed by atoms with Gasteiger partial charge in [0.2, 0.25) is 0 Å². The third kappa shape index (κ3) is 3.93. The van der Waals surface area contributed by atoms with Gasteiger partial charge >= 0.3 is 6.18 Å². The van der Waals surface area contributed by atoms with Crippen LogP contribution in [0.2, 0.25) is 0 Å². The molecule has 0 bridgehead atoms. The maximum absolute atomic E-state index is 12.7. The Morgan fingerprint density at radius 3 is 2.69 bits per heavy atom. The molecule has 1 atom stereocenters. The van der Waals surface area contributed by atoms with E-state index in [1.54, 1.807) is 4.57 Å². The molecule has 0 aromatic carbocycles. The Morgan fingerprint density at radius 2 is 2.08 bits per heavy atom. The molecule has 7 nitrogen and oxygen atoms in total. The maximum Gasteiger partial charge on any atom is 0.434 e. The van der Waals surface area contributed by atoms with Crippen molar-refractivity contribution in [1.82, 2.24) is 23.8 Å². The van der Waals surface area contributed by atoms with Crippen LogP contribution in [0, 0.1) is 5.92 Å². The Labute approximate surface area is 149 Å². The molecule has 1 aliphatic rings. The van der Waals surface area contributed by atoms with Gasteiger partial charge in [0.25, 0.3) is 10.0 Å². The van der Waals surface area contributed by atoms with E-state index in [9.17, 15) is 21.6 Å². The molecular formula is C15H20F3N5O2S. The summed E-state index contributed by atoms with van der Waals surface area (Å²) in [6.45, 7) is 4.24. The second kappa shape index (κ2) is 6.69. The molecule has 0 spiro atoms.